The van der Waals surface area contributed by atoms with Crippen molar-refractivity contribution in [2.75, 3.05) is 5.32 Å². The Morgan fingerprint density at radius 2 is 1.58 bits per heavy atom. The van der Waals surface area contributed by atoms with Gasteiger partial charge in [-0.3, -0.25) is 15.0 Å². The molecule has 5 heteroatoms. The maximum Gasteiger partial charge on any atom is 0.256 e. The van der Waals surface area contributed by atoms with Crippen LogP contribution in [0.15, 0.2) is 66.7 Å². The fourth-order valence-electron chi connectivity index (χ4n) is 3.22. The number of nitrogens with one attached hydrogen (secondary N) is 2. The van der Waals surface area contributed by atoms with Gasteiger partial charge in [0.1, 0.15) is 5.84 Å². The summed E-state index contributed by atoms with van der Waals surface area (Å²) in [5.74, 6) is -0.588. The fourth-order valence-corrected chi connectivity index (χ4v) is 3.22. The van der Waals surface area contributed by atoms with Gasteiger partial charge in [0, 0.05) is 22.4 Å². The quantitative estimate of drug-likeness (QED) is 0.393. The van der Waals surface area contributed by atoms with Crippen LogP contribution in [-0.2, 0) is 0 Å². The van der Waals surface area contributed by atoms with E-state index in [4.69, 9.17) is 11.1 Å². The second kappa shape index (κ2) is 5.97. The van der Waals surface area contributed by atoms with Gasteiger partial charge in [0.2, 0.25) is 0 Å². The highest BCUT2D eigenvalue weighted by atomic mass is 16.2. The van der Waals surface area contributed by atoms with Crippen molar-refractivity contribution in [1.29, 1.82) is 5.41 Å². The Bertz CT molecular complexity index is 1090. The molecule has 0 radical (unpaired) electrons. The topological polar surface area (TPSA) is 96.0 Å². The number of fused-ring (bicyclic) bond motifs is 3. The Hall–Kier alpha value is -3.73. The van der Waals surface area contributed by atoms with Gasteiger partial charge in [-0.15, -0.1) is 0 Å². The van der Waals surface area contributed by atoms with Gasteiger partial charge in [-0.25, -0.2) is 0 Å². The zero-order valence-corrected chi connectivity index (χ0v) is 13.7. The molecular weight excluding hydrogens is 326 g/mol. The lowest BCUT2D eigenvalue weighted by Crippen LogP contribution is -2.17. The summed E-state index contributed by atoms with van der Waals surface area (Å²) in [6, 6.07) is 19.4. The molecule has 0 aromatic heterocycles. The zero-order chi connectivity index (χ0) is 18.3. The number of carbonyl (C=O) groups excluding carboxylic acids is 2. The van der Waals surface area contributed by atoms with E-state index in [1.54, 1.807) is 42.5 Å². The van der Waals surface area contributed by atoms with Crippen molar-refractivity contribution in [3.05, 3.63) is 89.0 Å². The van der Waals surface area contributed by atoms with E-state index in [1.807, 2.05) is 24.3 Å². The number of benzene rings is 3. The van der Waals surface area contributed by atoms with Crippen molar-refractivity contribution < 1.29 is 9.59 Å². The summed E-state index contributed by atoms with van der Waals surface area (Å²) in [7, 11) is 0. The molecule has 0 aliphatic heterocycles. The number of hydrogen-bond donors (Lipinski definition) is 3. The summed E-state index contributed by atoms with van der Waals surface area (Å²) in [4.78, 5) is 25.6. The molecule has 0 saturated carbocycles. The molecule has 0 atom stereocenters. The molecule has 1 aliphatic carbocycles. The monoisotopic (exact) mass is 341 g/mol. The van der Waals surface area contributed by atoms with E-state index in [2.05, 4.69) is 5.32 Å². The molecule has 5 nitrogen and oxygen atoms in total. The Balaban J connectivity index is 1.72. The molecule has 4 N–H and O–H groups in total. The van der Waals surface area contributed by atoms with E-state index >= 15 is 0 Å². The van der Waals surface area contributed by atoms with Crippen molar-refractivity contribution in [2.24, 2.45) is 5.73 Å². The lowest BCUT2D eigenvalue weighted by atomic mass is 10.00. The van der Waals surface area contributed by atoms with Crippen LogP contribution in [0.2, 0.25) is 0 Å². The second-order valence-corrected chi connectivity index (χ2v) is 6.05. The maximum atomic E-state index is 12.8. The van der Waals surface area contributed by atoms with Gasteiger partial charge >= 0.3 is 0 Å². The number of hydrogen-bond acceptors (Lipinski definition) is 3. The van der Waals surface area contributed by atoms with Gasteiger partial charge in [-0.05, 0) is 29.3 Å². The average molecular weight is 341 g/mol. The van der Waals surface area contributed by atoms with Crippen molar-refractivity contribution in [1.82, 2.24) is 0 Å². The highest BCUT2D eigenvalue weighted by molar-refractivity contribution is 6.26. The second-order valence-electron chi connectivity index (χ2n) is 6.05. The molecule has 126 valence electrons. The van der Waals surface area contributed by atoms with Crippen molar-refractivity contribution in [3.8, 4) is 11.1 Å². The first kappa shape index (κ1) is 15.8. The maximum absolute atomic E-state index is 12.8. The number of amidine groups is 1. The summed E-state index contributed by atoms with van der Waals surface area (Å²) in [5.41, 5.74) is 9.52. The van der Waals surface area contributed by atoms with Crippen molar-refractivity contribution in [2.45, 2.75) is 0 Å². The summed E-state index contributed by atoms with van der Waals surface area (Å²) in [6.45, 7) is 0. The van der Waals surface area contributed by atoms with Crippen LogP contribution in [0.5, 0.6) is 0 Å². The minimum atomic E-state index is -0.372. The minimum Gasteiger partial charge on any atom is -0.384 e. The van der Waals surface area contributed by atoms with Crippen LogP contribution in [0.25, 0.3) is 11.1 Å². The van der Waals surface area contributed by atoms with E-state index in [9.17, 15) is 9.59 Å². The summed E-state index contributed by atoms with van der Waals surface area (Å²) in [6.07, 6.45) is 0. The van der Waals surface area contributed by atoms with Crippen LogP contribution in [0.4, 0.5) is 5.69 Å². The van der Waals surface area contributed by atoms with Gasteiger partial charge in [0.15, 0.2) is 5.78 Å². The number of amides is 1. The Morgan fingerprint density at radius 3 is 2.35 bits per heavy atom. The Morgan fingerprint density at radius 1 is 0.885 bits per heavy atom. The van der Waals surface area contributed by atoms with Gasteiger partial charge < -0.3 is 11.1 Å². The van der Waals surface area contributed by atoms with Gasteiger partial charge in [0.25, 0.3) is 5.91 Å². The van der Waals surface area contributed by atoms with Crippen LogP contribution in [0.1, 0.15) is 31.8 Å². The average Bonchev–Trinajstić information content (AvgIpc) is 2.95. The number of ketones is 1. The van der Waals surface area contributed by atoms with Crippen LogP contribution in [-0.4, -0.2) is 17.5 Å². The minimum absolute atomic E-state index is 0.0765. The van der Waals surface area contributed by atoms with E-state index in [-0.39, 0.29) is 17.5 Å². The van der Waals surface area contributed by atoms with Crippen molar-refractivity contribution >= 4 is 23.2 Å². The summed E-state index contributed by atoms with van der Waals surface area (Å²) < 4.78 is 0. The van der Waals surface area contributed by atoms with Gasteiger partial charge in [-0.2, -0.15) is 0 Å². The normalized spacial score (nSPS) is 11.6. The third-order valence-electron chi connectivity index (χ3n) is 4.43. The Labute approximate surface area is 150 Å². The molecule has 0 fully saturated rings. The molecule has 0 spiro atoms. The fraction of sp³-hybridized carbons (Fsp3) is 0. The van der Waals surface area contributed by atoms with Gasteiger partial charge in [-0.1, -0.05) is 48.5 Å². The number of rotatable bonds is 3. The third kappa shape index (κ3) is 2.46. The number of nitrogens with two attached hydrogens (primary N) is 1. The standard InChI is InChI=1S/C21H15N3O2/c22-20(23)12-5-3-6-13(11-12)24-21(26)17-10-4-9-15-14-7-1-2-8-16(14)19(25)18(15)17/h1-11H,(H3,22,23)(H,24,26). The molecule has 3 aromatic rings. The first-order valence-electron chi connectivity index (χ1n) is 8.09. The zero-order valence-electron chi connectivity index (χ0n) is 13.7. The van der Waals surface area contributed by atoms with E-state index in [1.165, 1.54) is 0 Å². The molecule has 3 aromatic carbocycles. The molecule has 26 heavy (non-hydrogen) atoms. The molecular formula is C21H15N3O2. The highest BCUT2D eigenvalue weighted by Crippen LogP contribution is 2.38. The molecule has 4 rings (SSSR count). The van der Waals surface area contributed by atoms with Crippen LogP contribution < -0.4 is 11.1 Å². The molecule has 1 amide bonds. The molecule has 0 heterocycles. The van der Waals surface area contributed by atoms with E-state index in [0.29, 0.717) is 27.9 Å². The number of carbonyl (C=O) groups is 2. The first-order chi connectivity index (χ1) is 12.6. The number of anilines is 1. The molecule has 0 bridgehead atoms. The largest absolute Gasteiger partial charge is 0.384 e. The highest BCUT2D eigenvalue weighted by Gasteiger charge is 2.30. The molecule has 1 aliphatic rings. The third-order valence-corrected chi connectivity index (χ3v) is 4.43. The van der Waals surface area contributed by atoms with Crippen LogP contribution in [0, 0.1) is 5.41 Å². The van der Waals surface area contributed by atoms with E-state index in [0.717, 1.165) is 11.1 Å². The van der Waals surface area contributed by atoms with Crippen LogP contribution in [0.3, 0.4) is 0 Å². The lowest BCUT2D eigenvalue weighted by molar-refractivity contribution is 0.0999. The van der Waals surface area contributed by atoms with Crippen molar-refractivity contribution in [3.63, 3.8) is 0 Å². The van der Waals surface area contributed by atoms with E-state index < -0.39 is 0 Å². The molecule has 0 unspecified atom stereocenters. The smallest absolute Gasteiger partial charge is 0.256 e. The summed E-state index contributed by atoms with van der Waals surface area (Å²) >= 11 is 0. The van der Waals surface area contributed by atoms with Gasteiger partial charge in [0.05, 0.1) is 5.56 Å². The SMILES string of the molecule is N=C(N)c1cccc(NC(=O)c2cccc3c2C(=O)c2ccccc2-3)c1. The lowest BCUT2D eigenvalue weighted by Gasteiger charge is -2.10. The first-order valence-corrected chi connectivity index (χ1v) is 8.09. The molecule has 0 saturated heterocycles. The van der Waals surface area contributed by atoms with Crippen LogP contribution >= 0.6 is 0 Å². The summed E-state index contributed by atoms with van der Waals surface area (Å²) in [5, 5.41) is 10.3. The predicted molar refractivity (Wildman–Crippen MR) is 101 cm³/mol. The predicted octanol–water partition coefficient (Wildman–Crippen LogP) is 3.43. The Kier molecular flexibility index (Phi) is 3.62. The number of nitrogen functional groups attached to an aromatic ring is 1.